The van der Waals surface area contributed by atoms with Crippen molar-refractivity contribution in [2.45, 2.75) is 25.3 Å². The fraction of sp³-hybridized carbons (Fsp3) is 0.750. The van der Waals surface area contributed by atoms with Crippen LogP contribution in [0.2, 0.25) is 0 Å². The molecule has 2 rings (SSSR count). The Morgan fingerprint density at radius 3 is 2.91 bits per heavy atom. The third-order valence-electron chi connectivity index (χ3n) is 4.54. The zero-order valence-electron chi connectivity index (χ0n) is 14.2. The van der Waals surface area contributed by atoms with E-state index in [1.54, 1.807) is 24.5 Å². The lowest BCUT2D eigenvalue weighted by atomic mass is 9.96. The van der Waals surface area contributed by atoms with Gasteiger partial charge in [0.2, 0.25) is 5.91 Å². The van der Waals surface area contributed by atoms with Gasteiger partial charge in [-0.25, -0.2) is 4.98 Å². The van der Waals surface area contributed by atoms with E-state index in [1.807, 2.05) is 7.05 Å². The Labute approximate surface area is 138 Å². The minimum absolute atomic E-state index is 0.00131. The first-order valence-electron chi connectivity index (χ1n) is 8.29. The summed E-state index contributed by atoms with van der Waals surface area (Å²) in [5.74, 6) is 0.559. The molecule has 0 aliphatic carbocycles. The zero-order valence-corrected chi connectivity index (χ0v) is 14.2. The van der Waals surface area contributed by atoms with Gasteiger partial charge in [-0.3, -0.25) is 4.79 Å². The quantitative estimate of drug-likeness (QED) is 0.708. The molecule has 7 nitrogen and oxygen atoms in total. The SMILES string of the molecule is COCCN1CCC(CN(C)C(=O)[C@@H](N)Cc2cnc[nH]2)CC1. The maximum atomic E-state index is 12.4. The average molecular weight is 323 g/mol. The topological polar surface area (TPSA) is 87.5 Å². The number of likely N-dealkylation sites (N-methyl/N-ethyl adjacent to an activating group) is 1. The third kappa shape index (κ3) is 5.60. The van der Waals surface area contributed by atoms with Crippen LogP contribution in [0.15, 0.2) is 12.5 Å². The van der Waals surface area contributed by atoms with Gasteiger partial charge in [0.25, 0.3) is 0 Å². The lowest BCUT2D eigenvalue weighted by Gasteiger charge is -2.34. The number of hydrogen-bond donors (Lipinski definition) is 2. The van der Waals surface area contributed by atoms with Crippen molar-refractivity contribution in [3.05, 3.63) is 18.2 Å². The number of piperidine rings is 1. The number of carbonyl (C=O) groups is 1. The predicted octanol–water partition coefficient (Wildman–Crippen LogP) is 0.0963. The number of nitrogens with one attached hydrogen (secondary N) is 1. The van der Waals surface area contributed by atoms with Crippen LogP contribution in [0.1, 0.15) is 18.5 Å². The van der Waals surface area contributed by atoms with Crippen LogP contribution in [0.25, 0.3) is 0 Å². The molecule has 2 heterocycles. The summed E-state index contributed by atoms with van der Waals surface area (Å²) in [4.78, 5) is 23.5. The van der Waals surface area contributed by atoms with E-state index in [4.69, 9.17) is 10.5 Å². The normalized spacial score (nSPS) is 18.0. The van der Waals surface area contributed by atoms with Crippen LogP contribution < -0.4 is 5.73 Å². The number of methoxy groups -OCH3 is 1. The standard InChI is InChI=1S/C16H29N5O2/c1-20(16(22)15(17)9-14-10-18-12-19-14)11-13-3-5-21(6-4-13)7-8-23-2/h10,12-13,15H,3-9,11,17H2,1-2H3,(H,18,19)/t15-/m0/s1. The van der Waals surface area contributed by atoms with E-state index in [9.17, 15) is 4.79 Å². The molecule has 1 aliphatic heterocycles. The number of rotatable bonds is 8. The van der Waals surface area contributed by atoms with Crippen LogP contribution in [0, 0.1) is 5.92 Å². The van der Waals surface area contributed by atoms with Crippen LogP contribution in [-0.2, 0) is 16.0 Å². The minimum atomic E-state index is -0.512. The molecule has 1 amide bonds. The number of H-pyrrole nitrogens is 1. The van der Waals surface area contributed by atoms with Crippen molar-refractivity contribution in [3.8, 4) is 0 Å². The summed E-state index contributed by atoms with van der Waals surface area (Å²) in [5, 5.41) is 0. The molecule has 0 bridgehead atoms. The van der Waals surface area contributed by atoms with Gasteiger partial charge in [-0.15, -0.1) is 0 Å². The number of imidazole rings is 1. The molecule has 0 radical (unpaired) electrons. The number of nitrogens with two attached hydrogens (primary N) is 1. The van der Waals surface area contributed by atoms with Crippen LogP contribution in [-0.4, -0.2) is 78.7 Å². The first-order chi connectivity index (χ1) is 11.1. The summed E-state index contributed by atoms with van der Waals surface area (Å²) >= 11 is 0. The Hall–Kier alpha value is -1.44. The van der Waals surface area contributed by atoms with Gasteiger partial charge in [-0.2, -0.15) is 0 Å². The summed E-state index contributed by atoms with van der Waals surface area (Å²) in [6, 6.07) is -0.512. The third-order valence-corrected chi connectivity index (χ3v) is 4.54. The number of likely N-dealkylation sites (tertiary alicyclic amines) is 1. The van der Waals surface area contributed by atoms with E-state index in [0.29, 0.717) is 12.3 Å². The summed E-state index contributed by atoms with van der Waals surface area (Å²) in [5.41, 5.74) is 6.92. The van der Waals surface area contributed by atoms with E-state index >= 15 is 0 Å². The lowest BCUT2D eigenvalue weighted by Crippen LogP contribution is -2.46. The second-order valence-corrected chi connectivity index (χ2v) is 6.38. The second-order valence-electron chi connectivity index (χ2n) is 6.38. The maximum Gasteiger partial charge on any atom is 0.239 e. The molecule has 0 spiro atoms. The molecule has 3 N–H and O–H groups in total. The van der Waals surface area contributed by atoms with Gasteiger partial charge < -0.3 is 25.3 Å². The molecular weight excluding hydrogens is 294 g/mol. The van der Waals surface area contributed by atoms with Gasteiger partial charge in [0.1, 0.15) is 0 Å². The molecule has 0 aromatic carbocycles. The zero-order chi connectivity index (χ0) is 16.7. The smallest absolute Gasteiger partial charge is 0.239 e. The van der Waals surface area contributed by atoms with E-state index in [0.717, 1.165) is 51.3 Å². The Balaban J connectivity index is 1.71. The van der Waals surface area contributed by atoms with E-state index in [-0.39, 0.29) is 5.91 Å². The van der Waals surface area contributed by atoms with E-state index in [2.05, 4.69) is 14.9 Å². The fourth-order valence-corrected chi connectivity index (χ4v) is 3.09. The average Bonchev–Trinajstić information content (AvgIpc) is 3.06. The highest BCUT2D eigenvalue weighted by Crippen LogP contribution is 2.18. The van der Waals surface area contributed by atoms with Crippen LogP contribution >= 0.6 is 0 Å². The first-order valence-corrected chi connectivity index (χ1v) is 8.29. The maximum absolute atomic E-state index is 12.4. The Morgan fingerprint density at radius 2 is 2.30 bits per heavy atom. The molecule has 7 heteroatoms. The molecule has 0 saturated carbocycles. The van der Waals surface area contributed by atoms with Gasteiger partial charge in [-0.05, 0) is 31.8 Å². The monoisotopic (exact) mass is 323 g/mol. The Bertz CT molecular complexity index is 457. The Kier molecular flexibility index (Phi) is 7.01. The number of aromatic amines is 1. The van der Waals surface area contributed by atoms with Crippen molar-refractivity contribution in [2.75, 3.05) is 46.9 Å². The molecule has 1 fully saturated rings. The van der Waals surface area contributed by atoms with Crippen molar-refractivity contribution >= 4 is 5.91 Å². The van der Waals surface area contributed by atoms with Gasteiger partial charge in [0, 0.05) is 45.6 Å². The van der Waals surface area contributed by atoms with Crippen molar-refractivity contribution in [1.82, 2.24) is 19.8 Å². The largest absolute Gasteiger partial charge is 0.383 e. The highest BCUT2D eigenvalue weighted by atomic mass is 16.5. The minimum Gasteiger partial charge on any atom is -0.383 e. The predicted molar refractivity (Wildman–Crippen MR) is 88.9 cm³/mol. The van der Waals surface area contributed by atoms with Crippen molar-refractivity contribution in [2.24, 2.45) is 11.7 Å². The van der Waals surface area contributed by atoms with Gasteiger partial charge in [0.15, 0.2) is 0 Å². The Morgan fingerprint density at radius 1 is 1.57 bits per heavy atom. The number of aromatic nitrogens is 2. The number of amides is 1. The van der Waals surface area contributed by atoms with Gasteiger partial charge in [0.05, 0.1) is 19.0 Å². The molecule has 23 heavy (non-hydrogen) atoms. The highest BCUT2D eigenvalue weighted by molar-refractivity contribution is 5.81. The highest BCUT2D eigenvalue weighted by Gasteiger charge is 2.24. The van der Waals surface area contributed by atoms with Crippen molar-refractivity contribution < 1.29 is 9.53 Å². The van der Waals surface area contributed by atoms with Crippen LogP contribution in [0.4, 0.5) is 0 Å². The number of ether oxygens (including phenoxy) is 1. The lowest BCUT2D eigenvalue weighted by molar-refractivity contribution is -0.132. The molecule has 0 unspecified atom stereocenters. The first kappa shape index (κ1) is 17.9. The van der Waals surface area contributed by atoms with Crippen LogP contribution in [0.3, 0.4) is 0 Å². The van der Waals surface area contributed by atoms with Crippen molar-refractivity contribution in [1.29, 1.82) is 0 Å². The molecule has 1 atom stereocenters. The number of nitrogens with zero attached hydrogens (tertiary/aromatic N) is 3. The summed E-state index contributed by atoms with van der Waals surface area (Å²) in [7, 11) is 3.59. The molecule has 1 saturated heterocycles. The van der Waals surface area contributed by atoms with Gasteiger partial charge in [-0.1, -0.05) is 0 Å². The van der Waals surface area contributed by atoms with E-state index in [1.165, 1.54) is 0 Å². The fourth-order valence-electron chi connectivity index (χ4n) is 3.09. The van der Waals surface area contributed by atoms with Crippen molar-refractivity contribution in [3.63, 3.8) is 0 Å². The van der Waals surface area contributed by atoms with E-state index < -0.39 is 6.04 Å². The summed E-state index contributed by atoms with van der Waals surface area (Å²) in [6.07, 6.45) is 6.06. The molecule has 1 aliphatic rings. The number of hydrogen-bond acceptors (Lipinski definition) is 5. The molecular formula is C16H29N5O2. The molecule has 1 aromatic heterocycles. The summed E-state index contributed by atoms with van der Waals surface area (Å²) < 4.78 is 5.12. The second kappa shape index (κ2) is 9.00. The molecule has 130 valence electrons. The summed E-state index contributed by atoms with van der Waals surface area (Å²) in [6.45, 7) is 4.72. The van der Waals surface area contributed by atoms with Crippen LogP contribution in [0.5, 0.6) is 0 Å². The van der Waals surface area contributed by atoms with Gasteiger partial charge >= 0.3 is 0 Å². The molecule has 1 aromatic rings. The number of carbonyl (C=O) groups excluding carboxylic acids is 1.